The third-order valence-corrected chi connectivity index (χ3v) is 5.97. The molecule has 0 bridgehead atoms. The maximum Gasteiger partial charge on any atom is 0.253 e. The highest BCUT2D eigenvalue weighted by molar-refractivity contribution is 5.95. The summed E-state index contributed by atoms with van der Waals surface area (Å²) >= 11 is 0. The number of hydrogen-bond donors (Lipinski definition) is 0. The molecule has 6 heteroatoms. The number of carbonyl (C=O) groups is 1. The lowest BCUT2D eigenvalue weighted by molar-refractivity contribution is 0.0350. The zero-order valence-corrected chi connectivity index (χ0v) is 17.6. The highest BCUT2D eigenvalue weighted by atomic mass is 16.5. The van der Waals surface area contributed by atoms with Gasteiger partial charge in [0.2, 0.25) is 0 Å². The molecule has 1 aromatic carbocycles. The van der Waals surface area contributed by atoms with E-state index in [1.54, 1.807) is 14.2 Å². The molecule has 0 atom stereocenters. The molecule has 28 heavy (non-hydrogen) atoms. The van der Waals surface area contributed by atoms with Gasteiger partial charge in [-0.25, -0.2) is 0 Å². The van der Waals surface area contributed by atoms with Crippen LogP contribution >= 0.6 is 0 Å². The number of benzene rings is 1. The van der Waals surface area contributed by atoms with Gasteiger partial charge in [0.15, 0.2) is 11.5 Å². The third kappa shape index (κ3) is 4.97. The second kappa shape index (κ2) is 9.61. The first-order valence-corrected chi connectivity index (χ1v) is 10.4. The van der Waals surface area contributed by atoms with Crippen molar-refractivity contribution in [2.24, 2.45) is 0 Å². The summed E-state index contributed by atoms with van der Waals surface area (Å²) in [7, 11) is 3.38. The predicted molar refractivity (Wildman–Crippen MR) is 109 cm³/mol. The van der Waals surface area contributed by atoms with Gasteiger partial charge in [0.25, 0.3) is 5.91 Å². The van der Waals surface area contributed by atoms with Gasteiger partial charge >= 0.3 is 0 Å². The van der Waals surface area contributed by atoms with Crippen LogP contribution in [0.5, 0.6) is 11.5 Å². The van der Waals surface area contributed by atoms with E-state index in [-0.39, 0.29) is 18.1 Å². The summed E-state index contributed by atoms with van der Waals surface area (Å²) in [4.78, 5) is 17.3. The van der Waals surface area contributed by atoms with Crippen LogP contribution in [0.15, 0.2) is 18.2 Å². The second-order valence-corrected chi connectivity index (χ2v) is 8.04. The summed E-state index contributed by atoms with van der Waals surface area (Å²) in [5.41, 5.74) is 0.659. The number of likely N-dealkylation sites (tertiary alicyclic amines) is 2. The van der Waals surface area contributed by atoms with Crippen molar-refractivity contribution >= 4 is 5.91 Å². The quantitative estimate of drug-likeness (QED) is 0.747. The fourth-order valence-corrected chi connectivity index (χ4v) is 4.07. The number of nitrogens with zero attached hydrogens (tertiary/aromatic N) is 2. The summed E-state index contributed by atoms with van der Waals surface area (Å²) < 4.78 is 17.2. The van der Waals surface area contributed by atoms with Crippen LogP contribution in [-0.4, -0.2) is 74.4 Å². The molecular weight excluding hydrogens is 356 g/mol. The molecule has 0 saturated carbocycles. The standard InChI is InChI=1S/C22H34N2O4/c1-16(2)23-11-9-19(10-12-23)28-21-15-17(5-6-20(21)27-4)22(25)24-13-7-18(26-3)8-14-24/h5-6,15-16,18-19H,7-14H2,1-4H3. The molecule has 2 aliphatic rings. The lowest BCUT2D eigenvalue weighted by atomic mass is 10.1. The van der Waals surface area contributed by atoms with Gasteiger partial charge in [-0.2, -0.15) is 0 Å². The molecule has 6 nitrogen and oxygen atoms in total. The Morgan fingerprint density at radius 3 is 2.18 bits per heavy atom. The van der Waals surface area contributed by atoms with E-state index in [2.05, 4.69) is 18.7 Å². The third-order valence-electron chi connectivity index (χ3n) is 5.97. The Kier molecular flexibility index (Phi) is 7.18. The first kappa shape index (κ1) is 20.9. The molecule has 2 fully saturated rings. The molecule has 1 aromatic rings. The van der Waals surface area contributed by atoms with Crippen LogP contribution < -0.4 is 9.47 Å². The topological polar surface area (TPSA) is 51.2 Å². The van der Waals surface area contributed by atoms with Gasteiger partial charge in [-0.15, -0.1) is 0 Å². The van der Waals surface area contributed by atoms with Crippen molar-refractivity contribution < 1.29 is 19.0 Å². The Morgan fingerprint density at radius 1 is 0.964 bits per heavy atom. The molecule has 2 saturated heterocycles. The van der Waals surface area contributed by atoms with Crippen molar-refractivity contribution in [1.29, 1.82) is 0 Å². The van der Waals surface area contributed by atoms with Crippen molar-refractivity contribution in [3.05, 3.63) is 23.8 Å². The molecule has 0 aliphatic carbocycles. The zero-order chi connectivity index (χ0) is 20.1. The fourth-order valence-electron chi connectivity index (χ4n) is 4.07. The molecule has 0 radical (unpaired) electrons. The van der Waals surface area contributed by atoms with Gasteiger partial charge in [-0.1, -0.05) is 0 Å². The average Bonchev–Trinajstić information content (AvgIpc) is 2.73. The van der Waals surface area contributed by atoms with Gasteiger partial charge in [-0.3, -0.25) is 4.79 Å². The molecule has 156 valence electrons. The molecule has 0 aromatic heterocycles. The average molecular weight is 391 g/mol. The van der Waals surface area contributed by atoms with Crippen LogP contribution in [0, 0.1) is 0 Å². The van der Waals surface area contributed by atoms with Crippen LogP contribution in [0.3, 0.4) is 0 Å². The number of rotatable bonds is 6. The van der Waals surface area contributed by atoms with E-state index >= 15 is 0 Å². The Morgan fingerprint density at radius 2 is 1.61 bits per heavy atom. The van der Waals surface area contributed by atoms with Crippen molar-refractivity contribution in [2.45, 2.75) is 57.8 Å². The molecule has 1 amide bonds. The summed E-state index contributed by atoms with van der Waals surface area (Å²) in [6, 6.07) is 6.09. The maximum atomic E-state index is 12.9. The molecular formula is C22H34N2O4. The van der Waals surface area contributed by atoms with Crippen LogP contribution in [0.4, 0.5) is 0 Å². The van der Waals surface area contributed by atoms with E-state index in [1.165, 1.54) is 0 Å². The Bertz CT molecular complexity index is 648. The monoisotopic (exact) mass is 390 g/mol. The smallest absolute Gasteiger partial charge is 0.253 e. The molecule has 0 spiro atoms. The number of methoxy groups -OCH3 is 2. The summed E-state index contributed by atoms with van der Waals surface area (Å²) in [5, 5.41) is 0. The Labute approximate surface area is 168 Å². The summed E-state index contributed by atoms with van der Waals surface area (Å²) in [5.74, 6) is 1.40. The van der Waals surface area contributed by atoms with Crippen LogP contribution in [0.25, 0.3) is 0 Å². The number of ether oxygens (including phenoxy) is 3. The van der Waals surface area contributed by atoms with E-state index < -0.39 is 0 Å². The number of amides is 1. The number of hydrogen-bond acceptors (Lipinski definition) is 5. The van der Waals surface area contributed by atoms with Gasteiger partial charge in [0.05, 0.1) is 13.2 Å². The molecule has 2 aliphatic heterocycles. The normalized spacial score (nSPS) is 19.8. The Hall–Kier alpha value is -1.79. The van der Waals surface area contributed by atoms with Gasteiger partial charge < -0.3 is 24.0 Å². The predicted octanol–water partition coefficient (Wildman–Crippen LogP) is 3.20. The zero-order valence-electron chi connectivity index (χ0n) is 17.6. The molecule has 0 N–H and O–H groups in total. The SMILES string of the molecule is COc1ccc(C(=O)N2CCC(OC)CC2)cc1OC1CCN(C(C)C)CC1. The largest absolute Gasteiger partial charge is 0.493 e. The summed E-state index contributed by atoms with van der Waals surface area (Å²) in [6.07, 6.45) is 4.17. The minimum Gasteiger partial charge on any atom is -0.493 e. The molecule has 0 unspecified atom stereocenters. The first-order chi connectivity index (χ1) is 13.5. The van der Waals surface area contributed by atoms with Crippen molar-refractivity contribution in [3.8, 4) is 11.5 Å². The fraction of sp³-hybridized carbons (Fsp3) is 0.682. The maximum absolute atomic E-state index is 12.9. The molecule has 3 rings (SSSR count). The Balaban J connectivity index is 1.66. The number of piperidine rings is 2. The number of carbonyl (C=O) groups excluding carboxylic acids is 1. The van der Waals surface area contributed by atoms with Crippen molar-refractivity contribution in [2.75, 3.05) is 40.4 Å². The van der Waals surface area contributed by atoms with Gasteiger partial charge in [0.1, 0.15) is 6.10 Å². The van der Waals surface area contributed by atoms with Crippen LogP contribution in [-0.2, 0) is 4.74 Å². The van der Waals surface area contributed by atoms with Crippen molar-refractivity contribution in [3.63, 3.8) is 0 Å². The van der Waals surface area contributed by atoms with E-state index in [0.717, 1.165) is 51.9 Å². The first-order valence-electron chi connectivity index (χ1n) is 10.4. The van der Waals surface area contributed by atoms with E-state index in [1.807, 2.05) is 23.1 Å². The highest BCUT2D eigenvalue weighted by Crippen LogP contribution is 2.31. The summed E-state index contributed by atoms with van der Waals surface area (Å²) in [6.45, 7) is 8.00. The van der Waals surface area contributed by atoms with Crippen LogP contribution in [0.1, 0.15) is 49.9 Å². The minimum atomic E-state index is 0.0525. The van der Waals surface area contributed by atoms with Gasteiger partial charge in [0, 0.05) is 44.9 Å². The molecule has 2 heterocycles. The van der Waals surface area contributed by atoms with E-state index in [4.69, 9.17) is 14.2 Å². The van der Waals surface area contributed by atoms with Crippen LogP contribution in [0.2, 0.25) is 0 Å². The van der Waals surface area contributed by atoms with E-state index in [0.29, 0.717) is 23.1 Å². The minimum absolute atomic E-state index is 0.0525. The van der Waals surface area contributed by atoms with Gasteiger partial charge in [-0.05, 0) is 57.7 Å². The lowest BCUT2D eigenvalue weighted by Crippen LogP contribution is -2.42. The van der Waals surface area contributed by atoms with E-state index in [9.17, 15) is 4.79 Å². The van der Waals surface area contributed by atoms with Crippen molar-refractivity contribution in [1.82, 2.24) is 9.80 Å². The highest BCUT2D eigenvalue weighted by Gasteiger charge is 2.26. The second-order valence-electron chi connectivity index (χ2n) is 8.04. The lowest BCUT2D eigenvalue weighted by Gasteiger charge is -2.35.